The van der Waals surface area contributed by atoms with Crippen molar-refractivity contribution in [1.29, 1.82) is 0 Å². The van der Waals surface area contributed by atoms with E-state index in [0.29, 0.717) is 21.5 Å². The average Bonchev–Trinajstić information content (AvgIpc) is 2.41. The van der Waals surface area contributed by atoms with E-state index < -0.39 is 0 Å². The Bertz CT molecular complexity index is 578. The van der Waals surface area contributed by atoms with Crippen molar-refractivity contribution in [2.75, 3.05) is 11.1 Å². The highest BCUT2D eigenvalue weighted by atomic mass is 35.5. The molecule has 0 spiro atoms. The molecule has 0 radical (unpaired) electrons. The maximum absolute atomic E-state index is 11.8. The van der Waals surface area contributed by atoms with E-state index in [1.54, 1.807) is 18.2 Å². The van der Waals surface area contributed by atoms with Gasteiger partial charge in [-0.1, -0.05) is 23.2 Å². The van der Waals surface area contributed by atoms with Gasteiger partial charge in [-0.05, 0) is 36.0 Å². The second kappa shape index (κ2) is 6.80. The van der Waals surface area contributed by atoms with Crippen LogP contribution in [0.5, 0.6) is 0 Å². The van der Waals surface area contributed by atoms with Crippen LogP contribution in [0.2, 0.25) is 10.0 Å². The summed E-state index contributed by atoms with van der Waals surface area (Å²) >= 11 is 13.2. The van der Waals surface area contributed by atoms with Crippen LogP contribution in [0.1, 0.15) is 0 Å². The third kappa shape index (κ3) is 4.42. The molecule has 1 heterocycles. The fourth-order valence-corrected chi connectivity index (χ4v) is 2.53. The minimum atomic E-state index is -0.119. The van der Waals surface area contributed by atoms with Gasteiger partial charge in [0.2, 0.25) is 10.9 Å². The van der Waals surface area contributed by atoms with Crippen molar-refractivity contribution in [3.8, 4) is 0 Å². The number of pyridine rings is 1. The third-order valence-electron chi connectivity index (χ3n) is 2.24. The maximum atomic E-state index is 11.8. The molecular weight excluding hydrogens is 303 g/mol. The van der Waals surface area contributed by atoms with Crippen molar-refractivity contribution < 1.29 is 9.78 Å². The molecule has 0 saturated carbocycles. The molecule has 1 aromatic carbocycles. The zero-order valence-electron chi connectivity index (χ0n) is 9.82. The topological polar surface area (TPSA) is 43.2 Å². The summed E-state index contributed by atoms with van der Waals surface area (Å²) in [6, 6.07) is 10.7. The summed E-state index contributed by atoms with van der Waals surface area (Å²) in [7, 11) is 0. The molecule has 1 aromatic heterocycles. The third-order valence-corrected chi connectivity index (χ3v) is 3.76. The molecule has 2 aromatic rings. The first-order valence-corrected chi connectivity index (χ1v) is 7.24. The van der Waals surface area contributed by atoms with Crippen LogP contribution in [0, 0.1) is 0 Å². The molecule has 0 fully saturated rings. The molecule has 98 valence electrons. The second-order valence-electron chi connectivity index (χ2n) is 3.69. The molecule has 0 aliphatic rings. The lowest BCUT2D eigenvalue weighted by Gasteiger charge is -2.06. The van der Waals surface area contributed by atoms with Gasteiger partial charge in [0, 0.05) is 17.2 Å². The molecule has 3 nitrogen and oxygen atoms in total. The Morgan fingerprint density at radius 1 is 1.26 bits per heavy atom. The second-order valence-corrected chi connectivity index (χ2v) is 5.55. The monoisotopic (exact) mass is 313 g/mol. The molecule has 0 unspecified atom stereocenters. The van der Waals surface area contributed by atoms with Crippen LogP contribution in [-0.2, 0) is 4.79 Å². The fourth-order valence-electron chi connectivity index (χ4n) is 1.39. The molecule has 2 rings (SSSR count). The van der Waals surface area contributed by atoms with Gasteiger partial charge in [0.1, 0.15) is 0 Å². The van der Waals surface area contributed by atoms with E-state index in [1.807, 2.05) is 24.4 Å². The Balaban J connectivity index is 1.91. The number of rotatable bonds is 4. The minimum absolute atomic E-state index is 0.119. The van der Waals surface area contributed by atoms with Crippen molar-refractivity contribution in [3.05, 3.63) is 52.6 Å². The number of thioether (sulfide) groups is 1. The maximum Gasteiger partial charge on any atom is 0.238 e. The Morgan fingerprint density at radius 3 is 2.79 bits per heavy atom. The molecule has 0 bridgehead atoms. The number of hydrogen-bond donors (Lipinski definition) is 1. The van der Waals surface area contributed by atoms with Crippen LogP contribution in [0.3, 0.4) is 0 Å². The van der Waals surface area contributed by atoms with Gasteiger partial charge in [-0.25, -0.2) is 4.98 Å². The average molecular weight is 314 g/mol. The normalized spacial score (nSPS) is 10.2. The molecule has 0 saturated heterocycles. The van der Waals surface area contributed by atoms with Gasteiger partial charge < -0.3 is 5.32 Å². The molecule has 1 amide bonds. The zero-order valence-corrected chi connectivity index (χ0v) is 12.1. The van der Waals surface area contributed by atoms with E-state index in [1.165, 1.54) is 11.8 Å². The van der Waals surface area contributed by atoms with Crippen LogP contribution in [0.4, 0.5) is 5.69 Å². The lowest BCUT2D eigenvalue weighted by Crippen LogP contribution is -2.15. The summed E-state index contributed by atoms with van der Waals surface area (Å²) in [6.07, 6.45) is 1.82. The first kappa shape index (κ1) is 14.2. The SMILES string of the molecule is O=C(CSc1cccc[nH+]1)Nc1ccc(Cl)cc1Cl. The number of aromatic nitrogens is 1. The zero-order chi connectivity index (χ0) is 13.7. The number of carbonyl (C=O) groups excluding carboxylic acids is 1. The van der Waals surface area contributed by atoms with Gasteiger partial charge in [-0.3, -0.25) is 4.79 Å². The number of nitrogens with one attached hydrogen (secondary N) is 2. The van der Waals surface area contributed by atoms with Gasteiger partial charge in [0.05, 0.1) is 16.5 Å². The number of hydrogen-bond acceptors (Lipinski definition) is 2. The van der Waals surface area contributed by atoms with Crippen LogP contribution < -0.4 is 10.3 Å². The minimum Gasteiger partial charge on any atom is -0.324 e. The highest BCUT2D eigenvalue weighted by Gasteiger charge is 2.09. The van der Waals surface area contributed by atoms with Crippen LogP contribution in [-0.4, -0.2) is 11.7 Å². The molecule has 0 atom stereocenters. The van der Waals surface area contributed by atoms with Gasteiger partial charge in [-0.2, -0.15) is 0 Å². The van der Waals surface area contributed by atoms with Crippen molar-refractivity contribution in [2.24, 2.45) is 0 Å². The van der Waals surface area contributed by atoms with E-state index in [-0.39, 0.29) is 5.91 Å². The van der Waals surface area contributed by atoms with E-state index in [4.69, 9.17) is 23.2 Å². The lowest BCUT2D eigenvalue weighted by atomic mass is 10.3. The number of anilines is 1. The van der Waals surface area contributed by atoms with Crippen molar-refractivity contribution in [1.82, 2.24) is 0 Å². The van der Waals surface area contributed by atoms with Crippen molar-refractivity contribution >= 4 is 46.6 Å². The van der Waals surface area contributed by atoms with Gasteiger partial charge in [0.15, 0.2) is 6.20 Å². The van der Waals surface area contributed by atoms with E-state index in [9.17, 15) is 4.79 Å². The molecular formula is C13H11Cl2N2OS+. The number of benzene rings is 1. The van der Waals surface area contributed by atoms with Gasteiger partial charge >= 0.3 is 0 Å². The summed E-state index contributed by atoms with van der Waals surface area (Å²) in [6.45, 7) is 0. The summed E-state index contributed by atoms with van der Waals surface area (Å²) in [5, 5.41) is 4.64. The number of halogens is 2. The van der Waals surface area contributed by atoms with E-state index >= 15 is 0 Å². The van der Waals surface area contributed by atoms with Crippen LogP contribution >= 0.6 is 35.0 Å². The molecule has 0 aliphatic carbocycles. The number of carbonyl (C=O) groups is 1. The quantitative estimate of drug-likeness (QED) is 0.877. The number of aromatic amines is 1. The summed E-state index contributed by atoms with van der Waals surface area (Å²) in [5.74, 6) is 0.186. The Labute approximate surface area is 125 Å². The first-order valence-electron chi connectivity index (χ1n) is 5.49. The Kier molecular flexibility index (Phi) is 5.07. The van der Waals surface area contributed by atoms with Crippen LogP contribution in [0.25, 0.3) is 0 Å². The number of amides is 1. The summed E-state index contributed by atoms with van der Waals surface area (Å²) < 4.78 is 0. The van der Waals surface area contributed by atoms with Gasteiger partial charge in [-0.15, -0.1) is 0 Å². The Hall–Kier alpha value is -1.23. The summed E-state index contributed by atoms with van der Waals surface area (Å²) in [5.41, 5.74) is 0.564. The summed E-state index contributed by atoms with van der Waals surface area (Å²) in [4.78, 5) is 14.8. The molecule has 2 N–H and O–H groups in total. The fraction of sp³-hybridized carbons (Fsp3) is 0.0769. The predicted molar refractivity (Wildman–Crippen MR) is 78.8 cm³/mol. The smallest absolute Gasteiger partial charge is 0.238 e. The Morgan fingerprint density at radius 2 is 2.11 bits per heavy atom. The van der Waals surface area contributed by atoms with Crippen molar-refractivity contribution in [3.63, 3.8) is 0 Å². The standard InChI is InChI=1S/C13H10Cl2N2OS/c14-9-4-5-11(10(15)7-9)17-12(18)8-19-13-3-1-2-6-16-13/h1-7H,8H2,(H,17,18)/p+1. The molecule has 0 aliphatic heterocycles. The highest BCUT2D eigenvalue weighted by molar-refractivity contribution is 7.99. The van der Waals surface area contributed by atoms with Crippen LogP contribution in [0.15, 0.2) is 47.6 Å². The molecule has 19 heavy (non-hydrogen) atoms. The van der Waals surface area contributed by atoms with Gasteiger partial charge in [0.25, 0.3) is 0 Å². The highest BCUT2D eigenvalue weighted by Crippen LogP contribution is 2.25. The van der Waals surface area contributed by atoms with Crippen molar-refractivity contribution in [2.45, 2.75) is 5.03 Å². The molecule has 6 heteroatoms. The van der Waals surface area contributed by atoms with E-state index in [2.05, 4.69) is 10.3 Å². The number of H-pyrrole nitrogens is 1. The lowest BCUT2D eigenvalue weighted by molar-refractivity contribution is -0.426. The first-order chi connectivity index (χ1) is 9.15. The largest absolute Gasteiger partial charge is 0.324 e. The predicted octanol–water partition coefficient (Wildman–Crippen LogP) is 3.54. The van der Waals surface area contributed by atoms with E-state index in [0.717, 1.165) is 5.03 Å².